The topological polar surface area (TPSA) is 82.4 Å². The Balaban J connectivity index is 0. The van der Waals surface area contributed by atoms with Crippen molar-refractivity contribution in [3.8, 4) is 0 Å². The van der Waals surface area contributed by atoms with Gasteiger partial charge in [0.05, 0.1) is 5.69 Å². The van der Waals surface area contributed by atoms with E-state index in [0.717, 1.165) is 24.5 Å². The van der Waals surface area contributed by atoms with Gasteiger partial charge in [-0.1, -0.05) is 6.92 Å². The molecule has 1 aromatic heterocycles. The highest BCUT2D eigenvalue weighted by Crippen LogP contribution is 2.27. The first-order chi connectivity index (χ1) is 6.79. The van der Waals surface area contributed by atoms with Crippen LogP contribution in [0.3, 0.4) is 0 Å². The van der Waals surface area contributed by atoms with E-state index in [1.165, 1.54) is 23.4 Å². The zero-order chi connectivity index (χ0) is 9.97. The first-order valence-corrected chi connectivity index (χ1v) is 6.08. The Kier molecular flexibility index (Phi) is 10.1. The van der Waals surface area contributed by atoms with E-state index in [0.29, 0.717) is 6.04 Å². The molecule has 0 bridgehead atoms. The number of nitrogens with one attached hydrogen (secondary N) is 1. The molecule has 1 aromatic rings. The fourth-order valence-corrected chi connectivity index (χ4v) is 2.88. The zero-order valence-corrected chi connectivity index (χ0v) is 12.3. The average Bonchev–Trinajstić information content (AvgIpc) is 2.54. The molecule has 1 aliphatic carbocycles. The first kappa shape index (κ1) is 19.3. The van der Waals surface area contributed by atoms with Crippen molar-refractivity contribution in [3.05, 3.63) is 10.6 Å². The Bertz CT molecular complexity index is 322. The molecule has 0 fully saturated rings. The van der Waals surface area contributed by atoms with Crippen LogP contribution < -0.4 is 11.1 Å². The van der Waals surface area contributed by atoms with Crippen LogP contribution in [0.15, 0.2) is 0 Å². The Morgan fingerprint density at radius 1 is 1.47 bits per heavy atom. The Morgan fingerprint density at radius 2 is 2.18 bits per heavy atom. The Morgan fingerprint density at radius 3 is 2.82 bits per heavy atom. The third-order valence-electron chi connectivity index (χ3n) is 2.64. The molecule has 7 heteroatoms. The van der Waals surface area contributed by atoms with Gasteiger partial charge in [0.25, 0.3) is 0 Å². The van der Waals surface area contributed by atoms with Crippen LogP contribution in [0.2, 0.25) is 0 Å². The lowest BCUT2D eigenvalue weighted by Gasteiger charge is -2.21. The summed E-state index contributed by atoms with van der Waals surface area (Å²) in [5, 5.41) is 4.29. The van der Waals surface area contributed by atoms with E-state index in [1.54, 1.807) is 11.3 Å². The summed E-state index contributed by atoms with van der Waals surface area (Å²) < 4.78 is 0. The fraction of sp³-hybridized carbons (Fsp3) is 0.700. The molecule has 0 aromatic carbocycles. The van der Waals surface area contributed by atoms with Crippen molar-refractivity contribution < 1.29 is 5.48 Å². The van der Waals surface area contributed by atoms with Crippen molar-refractivity contribution in [3.63, 3.8) is 0 Å². The van der Waals surface area contributed by atoms with Crippen LogP contribution in [-0.4, -0.2) is 23.0 Å². The lowest BCUT2D eigenvalue weighted by molar-refractivity contribution is 0.460. The van der Waals surface area contributed by atoms with Crippen LogP contribution in [0.25, 0.3) is 0 Å². The molecule has 4 nitrogen and oxygen atoms in total. The number of anilines is 1. The summed E-state index contributed by atoms with van der Waals surface area (Å²) in [6.07, 6.45) is 4.61. The molecule has 1 atom stereocenters. The van der Waals surface area contributed by atoms with Crippen LogP contribution in [0.5, 0.6) is 0 Å². The molecule has 0 amide bonds. The second kappa shape index (κ2) is 8.94. The minimum Gasteiger partial charge on any atom is -0.412 e. The summed E-state index contributed by atoms with van der Waals surface area (Å²) in [6, 6.07) is 0.641. The van der Waals surface area contributed by atoms with E-state index in [2.05, 4.69) is 17.2 Å². The molecule has 102 valence electrons. The van der Waals surface area contributed by atoms with Gasteiger partial charge in [-0.05, 0) is 32.2 Å². The highest BCUT2D eigenvalue weighted by Gasteiger charge is 2.21. The van der Waals surface area contributed by atoms with Crippen LogP contribution in [0.1, 0.15) is 30.3 Å². The number of thiazole rings is 1. The molecular formula is C10H21Cl2N3OS. The van der Waals surface area contributed by atoms with Gasteiger partial charge in [-0.2, -0.15) is 0 Å². The minimum absolute atomic E-state index is 0. The van der Waals surface area contributed by atoms with E-state index in [1.807, 2.05) is 0 Å². The van der Waals surface area contributed by atoms with Crippen molar-refractivity contribution in [2.75, 3.05) is 12.3 Å². The standard InChI is InChI=1S/C10H17N3S.2ClH.H2O/c1-2-5-12-7-3-4-8-9(6-7)14-10(11)13-8;;;/h7,12H,2-6H2,1H3,(H2,11,13);2*1H;1H2. The molecule has 2 rings (SSSR count). The highest BCUT2D eigenvalue weighted by atomic mass is 35.5. The molecule has 0 spiro atoms. The number of nitrogen functional groups attached to an aromatic ring is 1. The summed E-state index contributed by atoms with van der Waals surface area (Å²) in [5.74, 6) is 0. The SMILES string of the molecule is CCCNC1CCc2nc(N)sc2C1.Cl.Cl.O. The van der Waals surface area contributed by atoms with Gasteiger partial charge in [0.1, 0.15) is 0 Å². The predicted octanol–water partition coefficient (Wildman–Crippen LogP) is 1.60. The van der Waals surface area contributed by atoms with E-state index in [-0.39, 0.29) is 30.3 Å². The zero-order valence-electron chi connectivity index (χ0n) is 9.86. The van der Waals surface area contributed by atoms with Crippen molar-refractivity contribution in [1.82, 2.24) is 10.3 Å². The first-order valence-electron chi connectivity index (χ1n) is 5.27. The third-order valence-corrected chi connectivity index (χ3v) is 3.59. The highest BCUT2D eigenvalue weighted by molar-refractivity contribution is 7.15. The summed E-state index contributed by atoms with van der Waals surface area (Å²) >= 11 is 1.65. The van der Waals surface area contributed by atoms with E-state index in [9.17, 15) is 0 Å². The number of aryl methyl sites for hydroxylation is 1. The smallest absolute Gasteiger partial charge is 0.180 e. The van der Waals surface area contributed by atoms with Gasteiger partial charge in [-0.3, -0.25) is 0 Å². The number of hydrogen-bond acceptors (Lipinski definition) is 4. The van der Waals surface area contributed by atoms with Gasteiger partial charge < -0.3 is 16.5 Å². The van der Waals surface area contributed by atoms with Crippen molar-refractivity contribution in [1.29, 1.82) is 0 Å². The second-order valence-electron chi connectivity index (χ2n) is 3.82. The molecule has 5 N–H and O–H groups in total. The number of nitrogens with two attached hydrogens (primary N) is 1. The van der Waals surface area contributed by atoms with Gasteiger partial charge in [0, 0.05) is 10.9 Å². The number of aromatic nitrogens is 1. The normalized spacial score (nSPS) is 17.1. The summed E-state index contributed by atoms with van der Waals surface area (Å²) in [4.78, 5) is 5.73. The maximum atomic E-state index is 5.69. The molecule has 1 unspecified atom stereocenters. The Hall–Kier alpha value is -0.0700. The maximum Gasteiger partial charge on any atom is 0.180 e. The Labute approximate surface area is 119 Å². The minimum atomic E-state index is 0. The fourth-order valence-electron chi connectivity index (χ4n) is 1.92. The number of halogens is 2. The van der Waals surface area contributed by atoms with Gasteiger partial charge in [-0.25, -0.2) is 4.98 Å². The number of nitrogens with zero attached hydrogens (tertiary/aromatic N) is 1. The van der Waals surface area contributed by atoms with E-state index in [4.69, 9.17) is 5.73 Å². The monoisotopic (exact) mass is 301 g/mol. The third kappa shape index (κ3) is 4.97. The average molecular weight is 302 g/mol. The molecule has 1 aliphatic rings. The molecular weight excluding hydrogens is 281 g/mol. The van der Waals surface area contributed by atoms with Gasteiger partial charge in [0.15, 0.2) is 5.13 Å². The number of hydrogen-bond donors (Lipinski definition) is 2. The summed E-state index contributed by atoms with van der Waals surface area (Å²) in [6.45, 7) is 3.32. The van der Waals surface area contributed by atoms with Gasteiger partial charge in [-0.15, -0.1) is 36.2 Å². The molecule has 17 heavy (non-hydrogen) atoms. The van der Waals surface area contributed by atoms with Gasteiger partial charge in [0.2, 0.25) is 0 Å². The predicted molar refractivity (Wildman–Crippen MR) is 78.7 cm³/mol. The molecule has 0 radical (unpaired) electrons. The maximum absolute atomic E-state index is 5.69. The van der Waals surface area contributed by atoms with Crippen LogP contribution in [0.4, 0.5) is 5.13 Å². The number of fused-ring (bicyclic) bond motifs is 1. The summed E-state index contributed by atoms with van der Waals surface area (Å²) in [7, 11) is 0. The van der Waals surface area contributed by atoms with Crippen molar-refractivity contribution in [2.24, 2.45) is 0 Å². The lowest BCUT2D eigenvalue weighted by atomic mass is 9.98. The van der Waals surface area contributed by atoms with Crippen LogP contribution in [-0.2, 0) is 12.8 Å². The largest absolute Gasteiger partial charge is 0.412 e. The quantitative estimate of drug-likeness (QED) is 0.889. The number of rotatable bonds is 3. The van der Waals surface area contributed by atoms with Crippen LogP contribution in [0, 0.1) is 0 Å². The molecule has 1 heterocycles. The van der Waals surface area contributed by atoms with Crippen molar-refractivity contribution >= 4 is 41.3 Å². The second-order valence-corrected chi connectivity index (χ2v) is 4.93. The lowest BCUT2D eigenvalue weighted by Crippen LogP contribution is -2.34. The van der Waals surface area contributed by atoms with Crippen LogP contribution >= 0.6 is 36.2 Å². The van der Waals surface area contributed by atoms with E-state index >= 15 is 0 Å². The summed E-state index contributed by atoms with van der Waals surface area (Å²) in [5.41, 5.74) is 6.93. The van der Waals surface area contributed by atoms with Gasteiger partial charge >= 0.3 is 0 Å². The van der Waals surface area contributed by atoms with Crippen molar-refractivity contribution in [2.45, 2.75) is 38.6 Å². The molecule has 0 saturated heterocycles. The molecule has 0 saturated carbocycles. The van der Waals surface area contributed by atoms with E-state index < -0.39 is 0 Å². The molecule has 0 aliphatic heterocycles.